The number of carbonyl (C=O) groups is 1. The third-order valence-corrected chi connectivity index (χ3v) is 2.49. The highest BCUT2D eigenvalue weighted by Gasteiger charge is 2.06. The first-order chi connectivity index (χ1) is 8.74. The van der Waals surface area contributed by atoms with E-state index in [0.29, 0.717) is 5.56 Å². The van der Waals surface area contributed by atoms with Crippen molar-refractivity contribution in [2.24, 2.45) is 5.16 Å². The normalized spacial score (nSPS) is 10.7. The average Bonchev–Trinajstić information content (AvgIpc) is 2.87. The molecule has 0 spiro atoms. The molecule has 0 radical (unpaired) electrons. The Kier molecular flexibility index (Phi) is 3.43. The van der Waals surface area contributed by atoms with Crippen LogP contribution in [0.1, 0.15) is 15.9 Å². The lowest BCUT2D eigenvalue weighted by molar-refractivity contribution is 0.0600. The minimum Gasteiger partial charge on any atom is -0.465 e. The van der Waals surface area contributed by atoms with Crippen molar-refractivity contribution in [2.45, 2.75) is 0 Å². The summed E-state index contributed by atoms with van der Waals surface area (Å²) in [5.74, 6) is -0.374. The highest BCUT2D eigenvalue weighted by atomic mass is 16.5. The molecule has 0 aliphatic rings. The third kappa shape index (κ3) is 2.40. The lowest BCUT2D eigenvalue weighted by Crippen LogP contribution is -2.02. The minimum absolute atomic E-state index is 0.374. The van der Waals surface area contributed by atoms with E-state index in [0.717, 1.165) is 11.3 Å². The van der Waals surface area contributed by atoms with Gasteiger partial charge >= 0.3 is 5.97 Å². The number of ether oxygens (including phenoxy) is 1. The Morgan fingerprint density at radius 2 is 2.28 bits per heavy atom. The molecule has 0 atom stereocenters. The van der Waals surface area contributed by atoms with Gasteiger partial charge in [0.2, 0.25) is 0 Å². The molecule has 2 rings (SSSR count). The van der Waals surface area contributed by atoms with Crippen molar-refractivity contribution in [1.29, 1.82) is 0 Å². The predicted octanol–water partition coefficient (Wildman–Crippen LogP) is 2.07. The molecule has 0 amide bonds. The van der Waals surface area contributed by atoms with Crippen molar-refractivity contribution >= 4 is 12.2 Å². The van der Waals surface area contributed by atoms with E-state index in [1.807, 2.05) is 16.8 Å². The quantitative estimate of drug-likeness (QED) is 0.389. The second-order valence-electron chi connectivity index (χ2n) is 3.64. The van der Waals surface area contributed by atoms with Gasteiger partial charge in [0.25, 0.3) is 0 Å². The Morgan fingerprint density at radius 3 is 3.00 bits per heavy atom. The number of esters is 1. The van der Waals surface area contributed by atoms with E-state index in [1.165, 1.54) is 13.3 Å². The van der Waals surface area contributed by atoms with Gasteiger partial charge in [0.15, 0.2) is 0 Å². The van der Waals surface area contributed by atoms with Gasteiger partial charge in [-0.2, -0.15) is 0 Å². The van der Waals surface area contributed by atoms with Crippen LogP contribution in [0.4, 0.5) is 0 Å². The second kappa shape index (κ2) is 5.18. The number of oxime groups is 1. The molecule has 0 bridgehead atoms. The molecule has 1 aromatic carbocycles. The van der Waals surface area contributed by atoms with Crippen LogP contribution in [0.25, 0.3) is 5.69 Å². The van der Waals surface area contributed by atoms with Crippen LogP contribution in [-0.2, 0) is 4.74 Å². The van der Waals surface area contributed by atoms with E-state index in [1.54, 1.807) is 30.5 Å². The van der Waals surface area contributed by atoms with Crippen LogP contribution in [0.3, 0.4) is 0 Å². The molecule has 5 nitrogen and oxygen atoms in total. The summed E-state index contributed by atoms with van der Waals surface area (Å²) in [5.41, 5.74) is 2.08. The van der Waals surface area contributed by atoms with Crippen molar-refractivity contribution in [3.63, 3.8) is 0 Å². The summed E-state index contributed by atoms with van der Waals surface area (Å²) in [6, 6.07) is 8.86. The third-order valence-electron chi connectivity index (χ3n) is 2.49. The van der Waals surface area contributed by atoms with E-state index in [4.69, 9.17) is 5.21 Å². The van der Waals surface area contributed by atoms with Gasteiger partial charge in [-0.05, 0) is 24.3 Å². The van der Waals surface area contributed by atoms with Crippen LogP contribution in [0.2, 0.25) is 0 Å². The van der Waals surface area contributed by atoms with Crippen molar-refractivity contribution in [2.75, 3.05) is 7.11 Å². The molecule has 5 heteroatoms. The van der Waals surface area contributed by atoms with Gasteiger partial charge in [0, 0.05) is 23.6 Å². The highest BCUT2D eigenvalue weighted by Crippen LogP contribution is 2.13. The topological polar surface area (TPSA) is 63.8 Å². The monoisotopic (exact) mass is 244 g/mol. The Balaban J connectivity index is 2.35. The molecule has 0 fully saturated rings. The lowest BCUT2D eigenvalue weighted by Gasteiger charge is -2.04. The zero-order valence-electron chi connectivity index (χ0n) is 9.78. The van der Waals surface area contributed by atoms with E-state index in [2.05, 4.69) is 9.89 Å². The molecular weight excluding hydrogens is 232 g/mol. The molecule has 0 saturated heterocycles. The Bertz CT molecular complexity index is 587. The summed E-state index contributed by atoms with van der Waals surface area (Å²) in [7, 11) is 1.35. The predicted molar refractivity (Wildman–Crippen MR) is 66.5 cm³/mol. The summed E-state index contributed by atoms with van der Waals surface area (Å²) in [6.07, 6.45) is 4.93. The average molecular weight is 244 g/mol. The first kappa shape index (κ1) is 11.9. The smallest absolute Gasteiger partial charge is 0.337 e. The fraction of sp³-hybridized carbons (Fsp3) is 0.0769. The van der Waals surface area contributed by atoms with Crippen molar-refractivity contribution in [3.05, 3.63) is 53.9 Å². The Morgan fingerprint density at radius 1 is 1.44 bits per heavy atom. The number of methoxy groups -OCH3 is 1. The molecule has 18 heavy (non-hydrogen) atoms. The molecule has 92 valence electrons. The van der Waals surface area contributed by atoms with Crippen LogP contribution in [-0.4, -0.2) is 29.1 Å². The van der Waals surface area contributed by atoms with Gasteiger partial charge in [0.05, 0.1) is 18.9 Å². The second-order valence-corrected chi connectivity index (χ2v) is 3.64. The molecule has 0 saturated carbocycles. The summed E-state index contributed by atoms with van der Waals surface area (Å²) in [4.78, 5) is 11.4. The molecule has 0 unspecified atom stereocenters. The number of hydrogen-bond donors (Lipinski definition) is 1. The first-order valence-corrected chi connectivity index (χ1v) is 5.29. The van der Waals surface area contributed by atoms with Crippen LogP contribution in [0, 0.1) is 0 Å². The van der Waals surface area contributed by atoms with E-state index < -0.39 is 0 Å². The van der Waals surface area contributed by atoms with Crippen LogP contribution in [0.5, 0.6) is 0 Å². The number of hydrogen-bond acceptors (Lipinski definition) is 4. The lowest BCUT2D eigenvalue weighted by atomic mass is 10.2. The van der Waals surface area contributed by atoms with E-state index in [-0.39, 0.29) is 5.97 Å². The maximum absolute atomic E-state index is 11.4. The van der Waals surface area contributed by atoms with Crippen LogP contribution in [0.15, 0.2) is 47.9 Å². The van der Waals surface area contributed by atoms with Gasteiger partial charge in [0.1, 0.15) is 0 Å². The van der Waals surface area contributed by atoms with E-state index >= 15 is 0 Å². The fourth-order valence-corrected chi connectivity index (χ4v) is 1.63. The van der Waals surface area contributed by atoms with Crippen molar-refractivity contribution in [3.8, 4) is 5.69 Å². The maximum Gasteiger partial charge on any atom is 0.337 e. The molecule has 2 aromatic rings. The zero-order chi connectivity index (χ0) is 13.0. The summed E-state index contributed by atoms with van der Waals surface area (Å²) < 4.78 is 6.49. The zero-order valence-corrected chi connectivity index (χ0v) is 9.78. The van der Waals surface area contributed by atoms with Crippen molar-refractivity contribution in [1.82, 2.24) is 4.57 Å². The minimum atomic E-state index is -0.374. The molecule has 1 aromatic heterocycles. The van der Waals surface area contributed by atoms with Gasteiger partial charge in [-0.3, -0.25) is 0 Å². The number of carbonyl (C=O) groups excluding carboxylic acids is 1. The highest BCUT2D eigenvalue weighted by molar-refractivity contribution is 5.90. The summed E-state index contributed by atoms with van der Waals surface area (Å²) in [6.45, 7) is 0. The largest absolute Gasteiger partial charge is 0.465 e. The SMILES string of the molecule is COC(=O)c1cccc(-n2ccc(/C=N\O)c2)c1. The van der Waals surface area contributed by atoms with Gasteiger partial charge < -0.3 is 14.5 Å². The number of rotatable bonds is 3. The number of benzene rings is 1. The molecule has 1 heterocycles. The fourth-order valence-electron chi connectivity index (χ4n) is 1.63. The van der Waals surface area contributed by atoms with Crippen molar-refractivity contribution < 1.29 is 14.7 Å². The standard InChI is InChI=1S/C13H12N2O3/c1-18-13(16)11-3-2-4-12(7-11)15-6-5-10(9-15)8-14-17/h2-9,17H,1H3/b14-8-. The first-order valence-electron chi connectivity index (χ1n) is 5.29. The maximum atomic E-state index is 11.4. The Hall–Kier alpha value is -2.56. The molecular formula is C13H12N2O3. The molecule has 0 aliphatic carbocycles. The van der Waals surface area contributed by atoms with Gasteiger partial charge in [-0.15, -0.1) is 0 Å². The molecule has 1 N–H and O–H groups in total. The van der Waals surface area contributed by atoms with E-state index in [9.17, 15) is 4.79 Å². The summed E-state index contributed by atoms with van der Waals surface area (Å²) in [5, 5.41) is 11.4. The Labute approximate surface area is 104 Å². The summed E-state index contributed by atoms with van der Waals surface area (Å²) >= 11 is 0. The molecule has 0 aliphatic heterocycles. The van der Waals surface area contributed by atoms with Crippen LogP contribution >= 0.6 is 0 Å². The van der Waals surface area contributed by atoms with Gasteiger partial charge in [-0.25, -0.2) is 4.79 Å². The van der Waals surface area contributed by atoms with Crippen LogP contribution < -0.4 is 0 Å². The van der Waals surface area contributed by atoms with Gasteiger partial charge in [-0.1, -0.05) is 11.2 Å². The number of aromatic nitrogens is 1. The number of nitrogens with zero attached hydrogens (tertiary/aromatic N) is 2.